The molecule has 0 fully saturated rings. The van der Waals surface area contributed by atoms with E-state index in [0.29, 0.717) is 12.8 Å². The average Bonchev–Trinajstić information content (AvgIpc) is 2.32. The maximum absolute atomic E-state index is 11.8. The highest BCUT2D eigenvalue weighted by Crippen LogP contribution is 2.21. The van der Waals surface area contributed by atoms with Crippen molar-refractivity contribution in [2.75, 3.05) is 13.1 Å². The van der Waals surface area contributed by atoms with Crippen LogP contribution in [-0.4, -0.2) is 36.4 Å². The number of urea groups is 1. The minimum atomic E-state index is -4.17. The van der Waals surface area contributed by atoms with Crippen molar-refractivity contribution in [2.45, 2.75) is 45.2 Å². The van der Waals surface area contributed by atoms with Gasteiger partial charge in [-0.15, -0.1) is 0 Å². The molecule has 0 aromatic carbocycles. The number of carboxylic acid groups (broad SMARTS) is 1. The summed E-state index contributed by atoms with van der Waals surface area (Å²) >= 11 is 0. The topological polar surface area (TPSA) is 78.4 Å². The summed E-state index contributed by atoms with van der Waals surface area (Å²) in [6.07, 6.45) is -3.70. The minimum Gasteiger partial charge on any atom is -0.481 e. The van der Waals surface area contributed by atoms with Crippen LogP contribution >= 0.6 is 0 Å². The van der Waals surface area contributed by atoms with Gasteiger partial charge in [-0.3, -0.25) is 4.79 Å². The maximum atomic E-state index is 11.8. The van der Waals surface area contributed by atoms with Crippen LogP contribution in [0, 0.1) is 5.92 Å². The quantitative estimate of drug-likeness (QED) is 0.572. The highest BCUT2D eigenvalue weighted by atomic mass is 19.4. The smallest absolute Gasteiger partial charge is 0.389 e. The summed E-state index contributed by atoms with van der Waals surface area (Å²) in [5.41, 5.74) is 0. The van der Waals surface area contributed by atoms with Crippen molar-refractivity contribution in [1.29, 1.82) is 0 Å². The lowest BCUT2D eigenvalue weighted by atomic mass is 10.0. The Kier molecular flexibility index (Phi) is 8.74. The Morgan fingerprint density at radius 2 is 1.85 bits per heavy atom. The molecule has 3 N–H and O–H groups in total. The van der Waals surface area contributed by atoms with Gasteiger partial charge in [-0.25, -0.2) is 4.79 Å². The first-order valence-corrected chi connectivity index (χ1v) is 6.57. The van der Waals surface area contributed by atoms with Crippen molar-refractivity contribution < 1.29 is 27.9 Å². The molecule has 0 heterocycles. The van der Waals surface area contributed by atoms with E-state index in [4.69, 9.17) is 5.11 Å². The fraction of sp³-hybridized carbons (Fsp3) is 0.833. The number of rotatable bonds is 9. The molecule has 0 aliphatic rings. The van der Waals surface area contributed by atoms with Gasteiger partial charge in [-0.2, -0.15) is 13.2 Å². The van der Waals surface area contributed by atoms with Crippen LogP contribution in [0.15, 0.2) is 0 Å². The Morgan fingerprint density at radius 1 is 1.20 bits per heavy atom. The van der Waals surface area contributed by atoms with Crippen molar-refractivity contribution >= 4 is 12.0 Å². The van der Waals surface area contributed by atoms with E-state index in [1.54, 1.807) is 0 Å². The number of aliphatic carboxylic acids is 1. The number of unbranched alkanes of at least 4 members (excludes halogenated alkanes) is 1. The summed E-state index contributed by atoms with van der Waals surface area (Å²) in [6.45, 7) is 1.99. The van der Waals surface area contributed by atoms with Crippen molar-refractivity contribution in [3.05, 3.63) is 0 Å². The number of carboxylic acids is 1. The van der Waals surface area contributed by atoms with Crippen molar-refractivity contribution in [3.8, 4) is 0 Å². The fourth-order valence-corrected chi connectivity index (χ4v) is 1.59. The van der Waals surface area contributed by atoms with Crippen molar-refractivity contribution in [1.82, 2.24) is 10.6 Å². The third kappa shape index (κ3) is 10.5. The molecule has 0 saturated heterocycles. The van der Waals surface area contributed by atoms with Gasteiger partial charge in [0, 0.05) is 19.5 Å². The molecule has 118 valence electrons. The van der Waals surface area contributed by atoms with E-state index in [1.807, 2.05) is 6.92 Å². The van der Waals surface area contributed by atoms with E-state index in [-0.39, 0.29) is 25.9 Å². The Balaban J connectivity index is 3.70. The van der Waals surface area contributed by atoms with Crippen LogP contribution in [-0.2, 0) is 4.79 Å². The zero-order valence-corrected chi connectivity index (χ0v) is 11.4. The summed E-state index contributed by atoms with van der Waals surface area (Å²) in [5.74, 6) is -1.62. The molecule has 0 bridgehead atoms. The average molecular weight is 298 g/mol. The van der Waals surface area contributed by atoms with Crippen LogP contribution in [0.25, 0.3) is 0 Å². The van der Waals surface area contributed by atoms with Gasteiger partial charge in [-0.05, 0) is 19.3 Å². The van der Waals surface area contributed by atoms with E-state index in [9.17, 15) is 22.8 Å². The Hall–Kier alpha value is -1.47. The van der Waals surface area contributed by atoms with E-state index in [0.717, 1.165) is 0 Å². The number of hydrogen-bond donors (Lipinski definition) is 3. The summed E-state index contributed by atoms with van der Waals surface area (Å²) in [6, 6.07) is -0.556. The standard InChI is InChI=1S/C12H21F3N2O3/c1-2-5-9(10(18)19)8-17-11(20)16-7-4-3-6-12(13,14)15/h9H,2-8H2,1H3,(H,18,19)(H2,16,17,20). The van der Waals surface area contributed by atoms with Crippen molar-refractivity contribution in [2.24, 2.45) is 5.92 Å². The number of halogens is 3. The molecule has 0 aromatic heterocycles. The third-order valence-corrected chi connectivity index (χ3v) is 2.67. The fourth-order valence-electron chi connectivity index (χ4n) is 1.59. The second-order valence-corrected chi connectivity index (χ2v) is 4.53. The molecule has 20 heavy (non-hydrogen) atoms. The van der Waals surface area contributed by atoms with Crippen LogP contribution in [0.1, 0.15) is 39.0 Å². The predicted molar refractivity (Wildman–Crippen MR) is 67.3 cm³/mol. The lowest BCUT2D eigenvalue weighted by Gasteiger charge is -2.13. The van der Waals surface area contributed by atoms with Gasteiger partial charge < -0.3 is 15.7 Å². The summed E-state index contributed by atoms with van der Waals surface area (Å²) in [4.78, 5) is 22.1. The molecule has 0 rings (SSSR count). The molecule has 1 unspecified atom stereocenters. The van der Waals surface area contributed by atoms with Crippen LogP contribution in [0.5, 0.6) is 0 Å². The molecule has 0 aliphatic heterocycles. The molecular weight excluding hydrogens is 277 g/mol. The molecule has 0 radical (unpaired) electrons. The van der Waals surface area contributed by atoms with Gasteiger partial charge in [0.15, 0.2) is 0 Å². The molecule has 0 saturated carbocycles. The SMILES string of the molecule is CCCC(CNC(=O)NCCCCC(F)(F)F)C(=O)O. The van der Waals surface area contributed by atoms with Gasteiger partial charge in [0.25, 0.3) is 0 Å². The largest absolute Gasteiger partial charge is 0.481 e. The first-order valence-electron chi connectivity index (χ1n) is 6.57. The molecular formula is C12H21F3N2O3. The molecule has 8 heteroatoms. The lowest BCUT2D eigenvalue weighted by Crippen LogP contribution is -2.40. The zero-order valence-electron chi connectivity index (χ0n) is 11.4. The van der Waals surface area contributed by atoms with Gasteiger partial charge >= 0.3 is 18.2 Å². The first kappa shape index (κ1) is 18.5. The van der Waals surface area contributed by atoms with E-state index >= 15 is 0 Å². The second kappa shape index (κ2) is 9.44. The highest BCUT2D eigenvalue weighted by Gasteiger charge is 2.25. The normalized spacial score (nSPS) is 12.8. The Morgan fingerprint density at radius 3 is 2.35 bits per heavy atom. The number of carbonyl (C=O) groups excluding carboxylic acids is 1. The zero-order chi connectivity index (χ0) is 15.6. The number of amides is 2. The number of hydrogen-bond acceptors (Lipinski definition) is 2. The highest BCUT2D eigenvalue weighted by molar-refractivity contribution is 5.75. The molecule has 0 spiro atoms. The number of alkyl halides is 3. The molecule has 1 atom stereocenters. The van der Waals surface area contributed by atoms with Gasteiger partial charge in [-0.1, -0.05) is 13.3 Å². The van der Waals surface area contributed by atoms with Gasteiger partial charge in [0.1, 0.15) is 0 Å². The van der Waals surface area contributed by atoms with Crippen molar-refractivity contribution in [3.63, 3.8) is 0 Å². The van der Waals surface area contributed by atoms with Crippen LogP contribution in [0.3, 0.4) is 0 Å². The minimum absolute atomic E-state index is 0.0115. The summed E-state index contributed by atoms with van der Waals surface area (Å²) in [7, 11) is 0. The maximum Gasteiger partial charge on any atom is 0.389 e. The first-order chi connectivity index (χ1) is 9.26. The summed E-state index contributed by atoms with van der Waals surface area (Å²) < 4.78 is 35.5. The monoisotopic (exact) mass is 298 g/mol. The van der Waals surface area contributed by atoms with E-state index < -0.39 is 30.5 Å². The molecule has 2 amide bonds. The molecule has 0 aliphatic carbocycles. The Labute approximate surface area is 115 Å². The predicted octanol–water partition coefficient (Wildman–Crippen LogP) is 2.52. The van der Waals surface area contributed by atoms with E-state index in [1.165, 1.54) is 0 Å². The summed E-state index contributed by atoms with van der Waals surface area (Å²) in [5, 5.41) is 13.7. The van der Waals surface area contributed by atoms with Crippen LogP contribution in [0.2, 0.25) is 0 Å². The lowest BCUT2D eigenvalue weighted by molar-refractivity contribution is -0.141. The number of carbonyl (C=O) groups is 2. The molecule has 5 nitrogen and oxygen atoms in total. The van der Waals surface area contributed by atoms with Crippen LogP contribution < -0.4 is 10.6 Å². The molecule has 0 aromatic rings. The third-order valence-electron chi connectivity index (χ3n) is 2.67. The second-order valence-electron chi connectivity index (χ2n) is 4.53. The van der Waals surface area contributed by atoms with Crippen LogP contribution in [0.4, 0.5) is 18.0 Å². The Bertz CT molecular complexity index is 309. The number of nitrogens with one attached hydrogen (secondary N) is 2. The van der Waals surface area contributed by atoms with Gasteiger partial charge in [0.05, 0.1) is 5.92 Å². The van der Waals surface area contributed by atoms with E-state index in [2.05, 4.69) is 10.6 Å². The van der Waals surface area contributed by atoms with Gasteiger partial charge in [0.2, 0.25) is 0 Å².